The third-order valence-electron chi connectivity index (χ3n) is 4.51. The summed E-state index contributed by atoms with van der Waals surface area (Å²) in [6.07, 6.45) is 0.687. The lowest BCUT2D eigenvalue weighted by molar-refractivity contribution is 0.189. The van der Waals surface area contributed by atoms with Crippen LogP contribution >= 0.6 is 35.0 Å². The maximum Gasteiger partial charge on any atom is 0.262 e. The summed E-state index contributed by atoms with van der Waals surface area (Å²) in [5.74, 6) is 1.27. The number of rotatable bonds is 8. The van der Waals surface area contributed by atoms with Crippen molar-refractivity contribution < 1.29 is 9.26 Å². The molecule has 160 valence electrons. The number of benzene rings is 2. The number of methoxy groups -OCH3 is 1. The molecule has 0 spiro atoms. The Morgan fingerprint density at radius 1 is 1.10 bits per heavy atom. The molecule has 2 heterocycles. The molecule has 0 amide bonds. The molecule has 0 aliphatic carbocycles. The first-order valence-corrected chi connectivity index (χ1v) is 11.2. The lowest BCUT2D eigenvalue weighted by Crippen LogP contribution is -2.24. The molecule has 0 aliphatic heterocycles. The van der Waals surface area contributed by atoms with Crippen LogP contribution in [0, 0.1) is 0 Å². The zero-order valence-electron chi connectivity index (χ0n) is 16.5. The fourth-order valence-corrected chi connectivity index (χ4v) is 4.16. The van der Waals surface area contributed by atoms with Crippen LogP contribution in [0.25, 0.3) is 22.3 Å². The summed E-state index contributed by atoms with van der Waals surface area (Å²) in [5, 5.41) is 6.27. The van der Waals surface area contributed by atoms with Gasteiger partial charge in [0.2, 0.25) is 11.7 Å². The van der Waals surface area contributed by atoms with Gasteiger partial charge in [0.25, 0.3) is 5.56 Å². The minimum atomic E-state index is -0.118. The van der Waals surface area contributed by atoms with Gasteiger partial charge in [0.05, 0.1) is 16.7 Å². The molecule has 0 bridgehead atoms. The molecule has 0 saturated heterocycles. The fraction of sp³-hybridized carbons (Fsp3) is 0.238. The number of ether oxygens (including phenoxy) is 1. The lowest BCUT2D eigenvalue weighted by atomic mass is 10.2. The van der Waals surface area contributed by atoms with E-state index in [1.165, 1.54) is 11.8 Å². The van der Waals surface area contributed by atoms with Gasteiger partial charge < -0.3 is 9.26 Å². The summed E-state index contributed by atoms with van der Waals surface area (Å²) in [6.45, 7) is 1.03. The zero-order chi connectivity index (χ0) is 21.8. The van der Waals surface area contributed by atoms with Crippen molar-refractivity contribution in [3.8, 4) is 11.4 Å². The van der Waals surface area contributed by atoms with Crippen LogP contribution in [0.4, 0.5) is 0 Å². The highest BCUT2D eigenvalue weighted by molar-refractivity contribution is 7.98. The maximum atomic E-state index is 13.0. The lowest BCUT2D eigenvalue weighted by Gasteiger charge is -2.12. The molecule has 2 aromatic heterocycles. The third kappa shape index (κ3) is 5.10. The molecule has 0 unspecified atom stereocenters. The second-order valence-electron chi connectivity index (χ2n) is 6.67. The van der Waals surface area contributed by atoms with Crippen LogP contribution < -0.4 is 5.56 Å². The SMILES string of the molecule is COCCCn1c(SCc2nc(-c3ccc(Cl)cc3)no2)nc2cc(Cl)ccc2c1=O. The molecule has 4 rings (SSSR count). The number of thioether (sulfide) groups is 1. The molecule has 0 N–H and O–H groups in total. The molecule has 31 heavy (non-hydrogen) atoms. The van der Waals surface area contributed by atoms with Crippen LogP contribution in [0.1, 0.15) is 12.3 Å². The summed E-state index contributed by atoms with van der Waals surface area (Å²) in [5.41, 5.74) is 1.24. The van der Waals surface area contributed by atoms with Crippen molar-refractivity contribution in [2.75, 3.05) is 13.7 Å². The van der Waals surface area contributed by atoms with Gasteiger partial charge in [-0.25, -0.2) is 4.98 Å². The van der Waals surface area contributed by atoms with Gasteiger partial charge >= 0.3 is 0 Å². The Kier molecular flexibility index (Phi) is 6.92. The number of hydrogen-bond acceptors (Lipinski definition) is 7. The predicted molar refractivity (Wildman–Crippen MR) is 122 cm³/mol. The van der Waals surface area contributed by atoms with Crippen LogP contribution in [0.5, 0.6) is 0 Å². The molecule has 0 aliphatic rings. The molecule has 10 heteroatoms. The van der Waals surface area contributed by atoms with E-state index >= 15 is 0 Å². The van der Waals surface area contributed by atoms with Gasteiger partial charge in [-0.15, -0.1) is 0 Å². The van der Waals surface area contributed by atoms with Crippen LogP contribution in [-0.2, 0) is 17.0 Å². The Morgan fingerprint density at radius 3 is 2.65 bits per heavy atom. The van der Waals surface area contributed by atoms with E-state index in [-0.39, 0.29) is 5.56 Å². The van der Waals surface area contributed by atoms with Gasteiger partial charge in [0, 0.05) is 35.9 Å². The van der Waals surface area contributed by atoms with E-state index in [4.69, 9.17) is 32.5 Å². The number of hydrogen-bond donors (Lipinski definition) is 0. The molecule has 0 saturated carbocycles. The Balaban J connectivity index is 1.60. The maximum absolute atomic E-state index is 13.0. The minimum absolute atomic E-state index is 0.118. The molecule has 0 atom stereocenters. The molecular formula is C21H18Cl2N4O3S. The molecule has 2 aromatic carbocycles. The van der Waals surface area contributed by atoms with E-state index in [0.717, 1.165) is 5.56 Å². The Labute approximate surface area is 192 Å². The summed E-state index contributed by atoms with van der Waals surface area (Å²) >= 11 is 13.4. The average molecular weight is 477 g/mol. The Hall–Kier alpha value is -2.39. The van der Waals surface area contributed by atoms with Crippen molar-refractivity contribution in [3.63, 3.8) is 0 Å². The summed E-state index contributed by atoms with van der Waals surface area (Å²) < 4.78 is 12.2. The highest BCUT2D eigenvalue weighted by atomic mass is 35.5. The number of halogens is 2. The van der Waals surface area contributed by atoms with Crippen molar-refractivity contribution in [2.45, 2.75) is 23.9 Å². The largest absolute Gasteiger partial charge is 0.385 e. The average Bonchev–Trinajstić information content (AvgIpc) is 3.23. The summed E-state index contributed by atoms with van der Waals surface area (Å²) in [6, 6.07) is 12.3. The van der Waals surface area contributed by atoms with Crippen LogP contribution in [0.15, 0.2) is 56.9 Å². The minimum Gasteiger partial charge on any atom is -0.385 e. The zero-order valence-corrected chi connectivity index (χ0v) is 18.9. The van der Waals surface area contributed by atoms with Crippen LogP contribution in [-0.4, -0.2) is 33.4 Å². The van der Waals surface area contributed by atoms with Gasteiger partial charge in [-0.3, -0.25) is 9.36 Å². The van der Waals surface area contributed by atoms with Gasteiger partial charge in [0.1, 0.15) is 0 Å². The van der Waals surface area contributed by atoms with Gasteiger partial charge in [-0.2, -0.15) is 4.98 Å². The number of aromatic nitrogens is 4. The van der Waals surface area contributed by atoms with Crippen molar-refractivity contribution in [1.29, 1.82) is 0 Å². The van der Waals surface area contributed by atoms with Crippen molar-refractivity contribution in [2.24, 2.45) is 0 Å². The van der Waals surface area contributed by atoms with Crippen LogP contribution in [0.3, 0.4) is 0 Å². The van der Waals surface area contributed by atoms with Crippen LogP contribution in [0.2, 0.25) is 10.0 Å². The molecular weight excluding hydrogens is 459 g/mol. The third-order valence-corrected chi connectivity index (χ3v) is 5.96. The van der Waals surface area contributed by atoms with Gasteiger partial charge in [-0.05, 0) is 48.9 Å². The van der Waals surface area contributed by atoms with Crippen molar-refractivity contribution >= 4 is 45.9 Å². The van der Waals surface area contributed by atoms with E-state index in [0.29, 0.717) is 63.1 Å². The summed E-state index contributed by atoms with van der Waals surface area (Å²) in [7, 11) is 1.63. The van der Waals surface area contributed by atoms with Gasteiger partial charge in [-0.1, -0.05) is 40.1 Å². The van der Waals surface area contributed by atoms with E-state index in [2.05, 4.69) is 15.1 Å². The number of fused-ring (bicyclic) bond motifs is 1. The molecule has 7 nitrogen and oxygen atoms in total. The predicted octanol–water partition coefficient (Wildman–Crippen LogP) is 5.08. The second-order valence-corrected chi connectivity index (χ2v) is 8.48. The van der Waals surface area contributed by atoms with E-state index in [1.807, 2.05) is 12.1 Å². The number of nitrogens with zero attached hydrogens (tertiary/aromatic N) is 4. The second kappa shape index (κ2) is 9.82. The van der Waals surface area contributed by atoms with Crippen molar-refractivity contribution in [3.05, 3.63) is 68.8 Å². The first-order chi connectivity index (χ1) is 15.0. The monoisotopic (exact) mass is 476 g/mol. The van der Waals surface area contributed by atoms with Gasteiger partial charge in [0.15, 0.2) is 5.16 Å². The molecule has 0 fully saturated rings. The molecule has 4 aromatic rings. The fourth-order valence-electron chi connectivity index (χ4n) is 3.00. The van der Waals surface area contributed by atoms with E-state index in [1.54, 1.807) is 42.0 Å². The Morgan fingerprint density at radius 2 is 1.87 bits per heavy atom. The highest BCUT2D eigenvalue weighted by Gasteiger charge is 2.15. The first-order valence-electron chi connectivity index (χ1n) is 9.45. The first kappa shape index (κ1) is 21.8. The normalized spacial score (nSPS) is 11.3. The highest BCUT2D eigenvalue weighted by Crippen LogP contribution is 2.25. The van der Waals surface area contributed by atoms with E-state index < -0.39 is 0 Å². The van der Waals surface area contributed by atoms with Crippen molar-refractivity contribution in [1.82, 2.24) is 19.7 Å². The standard InChI is InChI=1S/C21H18Cl2N4O3S/c1-29-10-2-9-27-20(28)16-8-7-15(23)11-17(16)24-21(27)31-12-18-25-19(26-30-18)13-3-5-14(22)6-4-13/h3-8,11H,2,9-10,12H2,1H3. The van der Waals surface area contributed by atoms with E-state index in [9.17, 15) is 4.79 Å². The smallest absolute Gasteiger partial charge is 0.262 e. The summed E-state index contributed by atoms with van der Waals surface area (Å²) in [4.78, 5) is 22.1. The topological polar surface area (TPSA) is 83.0 Å². The molecule has 0 radical (unpaired) electrons. The Bertz CT molecular complexity index is 1260. The quantitative estimate of drug-likeness (QED) is 0.199.